The standard InChI is InChI=1S/C10H13N3O4/c1-6-11-8(12-17-6)9(14)13-5-3-4-7(13)10(15)16-2/h7H,3-5H2,1-2H3. The Morgan fingerprint density at radius 3 is 2.88 bits per heavy atom. The number of methoxy groups -OCH3 is 1. The normalized spacial score (nSPS) is 19.4. The van der Waals surface area contributed by atoms with Crippen LogP contribution in [0.2, 0.25) is 0 Å². The Labute approximate surface area is 97.7 Å². The van der Waals surface area contributed by atoms with Crippen molar-refractivity contribution in [2.75, 3.05) is 13.7 Å². The molecule has 2 heterocycles. The summed E-state index contributed by atoms with van der Waals surface area (Å²) in [6.07, 6.45) is 1.37. The Morgan fingerprint density at radius 1 is 1.53 bits per heavy atom. The van der Waals surface area contributed by atoms with Gasteiger partial charge in [0.25, 0.3) is 11.7 Å². The highest BCUT2D eigenvalue weighted by molar-refractivity contribution is 5.94. The van der Waals surface area contributed by atoms with Gasteiger partial charge in [-0.3, -0.25) is 4.79 Å². The van der Waals surface area contributed by atoms with E-state index in [1.165, 1.54) is 12.0 Å². The first kappa shape index (κ1) is 11.6. The largest absolute Gasteiger partial charge is 0.467 e. The van der Waals surface area contributed by atoms with Gasteiger partial charge >= 0.3 is 5.97 Å². The van der Waals surface area contributed by atoms with Crippen LogP contribution in [0.15, 0.2) is 4.52 Å². The molecule has 1 aromatic rings. The fraction of sp³-hybridized carbons (Fsp3) is 0.600. The Balaban J connectivity index is 2.16. The van der Waals surface area contributed by atoms with Crippen LogP contribution in [0.3, 0.4) is 0 Å². The van der Waals surface area contributed by atoms with Crippen molar-refractivity contribution in [3.8, 4) is 0 Å². The van der Waals surface area contributed by atoms with E-state index in [0.29, 0.717) is 18.9 Å². The highest BCUT2D eigenvalue weighted by atomic mass is 16.5. The number of aromatic nitrogens is 2. The molecule has 1 aliphatic rings. The summed E-state index contributed by atoms with van der Waals surface area (Å²) in [7, 11) is 1.31. The molecule has 0 radical (unpaired) electrons. The summed E-state index contributed by atoms with van der Waals surface area (Å²) in [5.74, 6) is -0.494. The van der Waals surface area contributed by atoms with E-state index in [1.807, 2.05) is 0 Å². The van der Waals surface area contributed by atoms with Crippen LogP contribution in [0.25, 0.3) is 0 Å². The zero-order valence-corrected chi connectivity index (χ0v) is 9.67. The molecule has 0 aliphatic carbocycles. The number of ether oxygens (including phenoxy) is 1. The Hall–Kier alpha value is -1.92. The van der Waals surface area contributed by atoms with E-state index in [2.05, 4.69) is 14.9 Å². The van der Waals surface area contributed by atoms with Crippen molar-refractivity contribution in [2.45, 2.75) is 25.8 Å². The summed E-state index contributed by atoms with van der Waals surface area (Å²) >= 11 is 0. The van der Waals surface area contributed by atoms with Crippen LogP contribution in [-0.2, 0) is 9.53 Å². The maximum Gasteiger partial charge on any atom is 0.328 e. The van der Waals surface area contributed by atoms with Gasteiger partial charge < -0.3 is 14.2 Å². The number of hydrogen-bond donors (Lipinski definition) is 0. The first-order chi connectivity index (χ1) is 8.13. The zero-order valence-electron chi connectivity index (χ0n) is 9.67. The molecule has 7 heteroatoms. The lowest BCUT2D eigenvalue weighted by atomic mass is 10.2. The molecule has 1 atom stereocenters. The van der Waals surface area contributed by atoms with Crippen LogP contribution in [0, 0.1) is 6.92 Å². The van der Waals surface area contributed by atoms with Gasteiger partial charge in [0.15, 0.2) is 0 Å². The smallest absolute Gasteiger partial charge is 0.328 e. The van der Waals surface area contributed by atoms with E-state index in [1.54, 1.807) is 6.92 Å². The van der Waals surface area contributed by atoms with Crippen LogP contribution in [0.4, 0.5) is 0 Å². The van der Waals surface area contributed by atoms with E-state index >= 15 is 0 Å². The molecule has 1 saturated heterocycles. The minimum atomic E-state index is -0.536. The van der Waals surface area contributed by atoms with Gasteiger partial charge in [-0.2, -0.15) is 4.98 Å². The third-order valence-electron chi connectivity index (χ3n) is 2.71. The first-order valence-electron chi connectivity index (χ1n) is 5.32. The van der Waals surface area contributed by atoms with Crippen molar-refractivity contribution in [3.63, 3.8) is 0 Å². The van der Waals surface area contributed by atoms with Crippen molar-refractivity contribution in [1.82, 2.24) is 15.0 Å². The number of likely N-dealkylation sites (tertiary alicyclic amines) is 1. The summed E-state index contributed by atoms with van der Waals surface area (Å²) in [6, 6.07) is -0.536. The van der Waals surface area contributed by atoms with E-state index in [0.717, 1.165) is 6.42 Å². The van der Waals surface area contributed by atoms with Gasteiger partial charge in [0.1, 0.15) is 6.04 Å². The van der Waals surface area contributed by atoms with Crippen molar-refractivity contribution in [2.24, 2.45) is 0 Å². The van der Waals surface area contributed by atoms with Crippen molar-refractivity contribution in [1.29, 1.82) is 0 Å². The van der Waals surface area contributed by atoms with Crippen LogP contribution < -0.4 is 0 Å². The van der Waals surface area contributed by atoms with Gasteiger partial charge in [-0.1, -0.05) is 5.16 Å². The van der Waals surface area contributed by atoms with Crippen molar-refractivity contribution >= 4 is 11.9 Å². The summed E-state index contributed by atoms with van der Waals surface area (Å²) in [6.45, 7) is 2.11. The molecule has 0 bridgehead atoms. The van der Waals surface area contributed by atoms with E-state index in [4.69, 9.17) is 4.52 Å². The zero-order chi connectivity index (χ0) is 12.4. The molecule has 17 heavy (non-hydrogen) atoms. The summed E-state index contributed by atoms with van der Waals surface area (Å²) < 4.78 is 9.40. The lowest BCUT2D eigenvalue weighted by Gasteiger charge is -2.20. The highest BCUT2D eigenvalue weighted by Gasteiger charge is 2.36. The van der Waals surface area contributed by atoms with Gasteiger partial charge in [0.2, 0.25) is 5.89 Å². The fourth-order valence-electron chi connectivity index (χ4n) is 1.91. The quantitative estimate of drug-likeness (QED) is 0.683. The number of aryl methyl sites for hydroxylation is 1. The minimum Gasteiger partial charge on any atom is -0.467 e. The first-order valence-corrected chi connectivity index (χ1v) is 5.32. The van der Waals surface area contributed by atoms with Crippen LogP contribution in [-0.4, -0.2) is 46.6 Å². The molecule has 1 aliphatic heterocycles. The number of rotatable bonds is 2. The summed E-state index contributed by atoms with van der Waals surface area (Å²) in [5.41, 5.74) is 0. The summed E-state index contributed by atoms with van der Waals surface area (Å²) in [5, 5.41) is 3.55. The maximum absolute atomic E-state index is 12.0. The predicted molar refractivity (Wildman–Crippen MR) is 55.1 cm³/mol. The number of hydrogen-bond acceptors (Lipinski definition) is 6. The van der Waals surface area contributed by atoms with Gasteiger partial charge in [0, 0.05) is 13.5 Å². The molecule has 1 unspecified atom stereocenters. The van der Waals surface area contributed by atoms with Crippen molar-refractivity contribution in [3.05, 3.63) is 11.7 Å². The molecule has 0 spiro atoms. The van der Waals surface area contributed by atoms with Gasteiger partial charge in [0.05, 0.1) is 7.11 Å². The molecule has 2 rings (SSSR count). The van der Waals surface area contributed by atoms with Crippen LogP contribution >= 0.6 is 0 Å². The molecule has 0 N–H and O–H groups in total. The lowest BCUT2D eigenvalue weighted by Crippen LogP contribution is -2.41. The second-order valence-electron chi connectivity index (χ2n) is 3.82. The van der Waals surface area contributed by atoms with E-state index in [-0.39, 0.29) is 5.82 Å². The van der Waals surface area contributed by atoms with E-state index < -0.39 is 17.9 Å². The van der Waals surface area contributed by atoms with Crippen molar-refractivity contribution < 1.29 is 18.8 Å². The molecule has 0 aromatic carbocycles. The molecule has 0 saturated carbocycles. The molecule has 1 fully saturated rings. The molecular weight excluding hydrogens is 226 g/mol. The number of amides is 1. The number of carbonyl (C=O) groups excluding carboxylic acids is 2. The minimum absolute atomic E-state index is 0.0155. The molecule has 1 aromatic heterocycles. The molecule has 1 amide bonds. The molecule has 92 valence electrons. The third kappa shape index (κ3) is 2.13. The second kappa shape index (κ2) is 4.52. The Morgan fingerprint density at radius 2 is 2.29 bits per heavy atom. The van der Waals surface area contributed by atoms with Crippen LogP contribution in [0.1, 0.15) is 29.4 Å². The maximum atomic E-state index is 12.0. The average Bonchev–Trinajstić information content (AvgIpc) is 2.95. The number of nitrogens with zero attached hydrogens (tertiary/aromatic N) is 3. The Kier molecular flexibility index (Phi) is 3.08. The number of carbonyl (C=O) groups is 2. The van der Waals surface area contributed by atoms with Gasteiger partial charge in [-0.05, 0) is 12.8 Å². The molecule has 7 nitrogen and oxygen atoms in total. The molecular formula is C10H13N3O4. The average molecular weight is 239 g/mol. The van der Waals surface area contributed by atoms with Gasteiger partial charge in [-0.15, -0.1) is 0 Å². The lowest BCUT2D eigenvalue weighted by molar-refractivity contribution is -0.145. The number of esters is 1. The Bertz CT molecular complexity index is 443. The monoisotopic (exact) mass is 239 g/mol. The van der Waals surface area contributed by atoms with Gasteiger partial charge in [-0.25, -0.2) is 4.79 Å². The second-order valence-corrected chi connectivity index (χ2v) is 3.82. The predicted octanol–water partition coefficient (Wildman–Crippen LogP) is 0.156. The third-order valence-corrected chi connectivity index (χ3v) is 2.71. The highest BCUT2D eigenvalue weighted by Crippen LogP contribution is 2.20. The topological polar surface area (TPSA) is 85.5 Å². The fourth-order valence-corrected chi connectivity index (χ4v) is 1.91. The SMILES string of the molecule is COC(=O)C1CCCN1C(=O)c1noc(C)n1. The van der Waals surface area contributed by atoms with E-state index in [9.17, 15) is 9.59 Å². The summed E-state index contributed by atoms with van der Waals surface area (Å²) in [4.78, 5) is 28.8. The van der Waals surface area contributed by atoms with Crippen LogP contribution in [0.5, 0.6) is 0 Å².